The fourth-order valence-corrected chi connectivity index (χ4v) is 2.88. The fraction of sp³-hybridized carbons (Fsp3) is 0.267. The van der Waals surface area contributed by atoms with Crippen molar-refractivity contribution in [3.05, 3.63) is 46.7 Å². The molecule has 3 rings (SSSR count). The van der Waals surface area contributed by atoms with E-state index in [-0.39, 0.29) is 0 Å². The van der Waals surface area contributed by atoms with Gasteiger partial charge in [0.15, 0.2) is 0 Å². The molecule has 1 aromatic carbocycles. The van der Waals surface area contributed by atoms with Crippen LogP contribution in [0.25, 0.3) is 10.9 Å². The third-order valence-corrected chi connectivity index (χ3v) is 4.19. The van der Waals surface area contributed by atoms with Crippen molar-refractivity contribution < 1.29 is 0 Å². The van der Waals surface area contributed by atoms with Crippen molar-refractivity contribution in [3.8, 4) is 0 Å². The second-order valence-electron chi connectivity index (χ2n) is 4.77. The number of aromatic nitrogens is 3. The van der Waals surface area contributed by atoms with Crippen LogP contribution in [0, 0.1) is 6.92 Å². The molecule has 20 heavy (non-hydrogen) atoms. The molecule has 3 aromatic rings. The first kappa shape index (κ1) is 13.0. The molecule has 0 spiro atoms. The SMILES string of the molecule is Cc1cccc2c(N(C)CCc3nccs3)ncnc12. The third kappa shape index (κ3) is 2.49. The first-order valence-electron chi connectivity index (χ1n) is 6.55. The Hall–Kier alpha value is -2.01. The monoisotopic (exact) mass is 284 g/mol. The highest BCUT2D eigenvalue weighted by Crippen LogP contribution is 2.24. The molecule has 102 valence electrons. The van der Waals surface area contributed by atoms with Gasteiger partial charge in [0.05, 0.1) is 10.5 Å². The highest BCUT2D eigenvalue weighted by Gasteiger charge is 2.10. The van der Waals surface area contributed by atoms with Crippen molar-refractivity contribution in [2.45, 2.75) is 13.3 Å². The van der Waals surface area contributed by atoms with Gasteiger partial charge >= 0.3 is 0 Å². The van der Waals surface area contributed by atoms with Crippen LogP contribution in [0.15, 0.2) is 36.1 Å². The molecule has 0 aliphatic carbocycles. The molecule has 0 N–H and O–H groups in total. The van der Waals surface area contributed by atoms with Crippen molar-refractivity contribution in [1.29, 1.82) is 0 Å². The summed E-state index contributed by atoms with van der Waals surface area (Å²) in [5.41, 5.74) is 2.21. The molecule has 0 atom stereocenters. The number of anilines is 1. The van der Waals surface area contributed by atoms with Crippen LogP contribution >= 0.6 is 11.3 Å². The number of nitrogens with zero attached hydrogens (tertiary/aromatic N) is 4. The Morgan fingerprint density at radius 1 is 1.20 bits per heavy atom. The van der Waals surface area contributed by atoms with Crippen LogP contribution in [0.5, 0.6) is 0 Å². The Balaban J connectivity index is 1.87. The Labute approximate surface area is 122 Å². The average molecular weight is 284 g/mol. The Morgan fingerprint density at radius 2 is 2.10 bits per heavy atom. The van der Waals surface area contributed by atoms with Gasteiger partial charge in [0.1, 0.15) is 12.1 Å². The zero-order valence-corrected chi connectivity index (χ0v) is 12.4. The lowest BCUT2D eigenvalue weighted by Crippen LogP contribution is -2.21. The van der Waals surface area contributed by atoms with E-state index < -0.39 is 0 Å². The van der Waals surface area contributed by atoms with Crippen molar-refractivity contribution in [2.24, 2.45) is 0 Å². The van der Waals surface area contributed by atoms with E-state index >= 15 is 0 Å². The van der Waals surface area contributed by atoms with Crippen LogP contribution in [-0.4, -0.2) is 28.5 Å². The van der Waals surface area contributed by atoms with Crippen molar-refractivity contribution >= 4 is 28.1 Å². The number of hydrogen-bond acceptors (Lipinski definition) is 5. The van der Waals surface area contributed by atoms with E-state index in [2.05, 4.69) is 52.0 Å². The van der Waals surface area contributed by atoms with Crippen LogP contribution in [-0.2, 0) is 6.42 Å². The molecule has 0 fully saturated rings. The molecule has 0 aliphatic heterocycles. The predicted molar refractivity (Wildman–Crippen MR) is 83.4 cm³/mol. The third-order valence-electron chi connectivity index (χ3n) is 3.35. The number of aryl methyl sites for hydroxylation is 1. The molecule has 4 nitrogen and oxygen atoms in total. The molecule has 0 radical (unpaired) electrons. The minimum absolute atomic E-state index is 0.896. The summed E-state index contributed by atoms with van der Waals surface area (Å²) in [6, 6.07) is 6.21. The molecule has 2 heterocycles. The fourth-order valence-electron chi connectivity index (χ4n) is 2.27. The maximum Gasteiger partial charge on any atom is 0.139 e. The highest BCUT2D eigenvalue weighted by atomic mass is 32.1. The second-order valence-corrected chi connectivity index (χ2v) is 5.74. The van der Waals surface area contributed by atoms with Crippen LogP contribution in [0.4, 0.5) is 5.82 Å². The number of likely N-dealkylation sites (N-methyl/N-ethyl adjacent to an activating group) is 1. The number of para-hydroxylation sites is 1. The van der Waals surface area contributed by atoms with E-state index in [1.165, 1.54) is 5.56 Å². The van der Waals surface area contributed by atoms with E-state index in [1.807, 2.05) is 11.6 Å². The van der Waals surface area contributed by atoms with Gasteiger partial charge in [-0.3, -0.25) is 0 Å². The molecule has 0 saturated carbocycles. The van der Waals surface area contributed by atoms with Crippen LogP contribution < -0.4 is 4.90 Å². The number of thiazole rings is 1. The normalized spacial score (nSPS) is 10.9. The summed E-state index contributed by atoms with van der Waals surface area (Å²) < 4.78 is 0. The lowest BCUT2D eigenvalue weighted by atomic mass is 10.1. The van der Waals surface area contributed by atoms with Crippen molar-refractivity contribution in [3.63, 3.8) is 0 Å². The summed E-state index contributed by atoms with van der Waals surface area (Å²) in [6.07, 6.45) is 4.43. The Kier molecular flexibility index (Phi) is 3.60. The zero-order chi connectivity index (χ0) is 13.9. The van der Waals surface area contributed by atoms with Crippen LogP contribution in [0.2, 0.25) is 0 Å². The van der Waals surface area contributed by atoms with E-state index in [9.17, 15) is 0 Å². The number of hydrogen-bond donors (Lipinski definition) is 0. The molecule has 0 unspecified atom stereocenters. The first-order valence-corrected chi connectivity index (χ1v) is 7.43. The van der Waals surface area contributed by atoms with Crippen molar-refractivity contribution in [2.75, 3.05) is 18.5 Å². The van der Waals surface area contributed by atoms with Crippen molar-refractivity contribution in [1.82, 2.24) is 15.0 Å². The van der Waals surface area contributed by atoms with Gasteiger partial charge in [-0.1, -0.05) is 12.1 Å². The number of rotatable bonds is 4. The maximum atomic E-state index is 4.45. The topological polar surface area (TPSA) is 41.9 Å². The molecule has 5 heteroatoms. The van der Waals surface area contributed by atoms with Gasteiger partial charge in [-0.15, -0.1) is 11.3 Å². The highest BCUT2D eigenvalue weighted by molar-refractivity contribution is 7.09. The van der Waals surface area contributed by atoms with E-state index in [4.69, 9.17) is 0 Å². The average Bonchev–Trinajstić information content (AvgIpc) is 2.98. The number of fused-ring (bicyclic) bond motifs is 1. The smallest absolute Gasteiger partial charge is 0.139 e. The van der Waals surface area contributed by atoms with Gasteiger partial charge in [0, 0.05) is 37.0 Å². The number of benzene rings is 1. The van der Waals surface area contributed by atoms with Gasteiger partial charge in [-0.05, 0) is 18.6 Å². The molecular weight excluding hydrogens is 268 g/mol. The van der Waals surface area contributed by atoms with Gasteiger partial charge in [0.25, 0.3) is 0 Å². The maximum absolute atomic E-state index is 4.45. The molecule has 2 aromatic heterocycles. The lowest BCUT2D eigenvalue weighted by molar-refractivity contribution is 0.855. The van der Waals surface area contributed by atoms with Crippen LogP contribution in [0.1, 0.15) is 10.6 Å². The van der Waals surface area contributed by atoms with Crippen LogP contribution in [0.3, 0.4) is 0 Å². The first-order chi connectivity index (χ1) is 9.75. The quantitative estimate of drug-likeness (QED) is 0.738. The minimum atomic E-state index is 0.896. The van der Waals surface area contributed by atoms with E-state index in [0.717, 1.165) is 34.7 Å². The molecule has 0 saturated heterocycles. The molecular formula is C15H16N4S. The standard InChI is InChI=1S/C15H16N4S/c1-11-4-3-5-12-14(11)17-10-18-15(12)19(2)8-6-13-16-7-9-20-13/h3-5,7,9-10H,6,8H2,1-2H3. The largest absolute Gasteiger partial charge is 0.359 e. The summed E-state index contributed by atoms with van der Waals surface area (Å²) in [5.74, 6) is 0.982. The van der Waals surface area contributed by atoms with E-state index in [1.54, 1.807) is 17.7 Å². The zero-order valence-electron chi connectivity index (χ0n) is 11.6. The summed E-state index contributed by atoms with van der Waals surface area (Å²) in [7, 11) is 2.07. The molecule has 0 amide bonds. The summed E-state index contributed by atoms with van der Waals surface area (Å²) >= 11 is 1.70. The van der Waals surface area contributed by atoms with Gasteiger partial charge < -0.3 is 4.90 Å². The summed E-state index contributed by atoms with van der Waals surface area (Å²) in [5, 5.41) is 4.28. The Morgan fingerprint density at radius 3 is 2.90 bits per heavy atom. The van der Waals surface area contributed by atoms with E-state index in [0.29, 0.717) is 0 Å². The molecule has 0 aliphatic rings. The summed E-state index contributed by atoms with van der Waals surface area (Å²) in [6.45, 7) is 2.97. The molecule has 0 bridgehead atoms. The predicted octanol–water partition coefficient (Wildman–Crippen LogP) is 3.07. The van der Waals surface area contributed by atoms with Gasteiger partial charge in [-0.25, -0.2) is 15.0 Å². The minimum Gasteiger partial charge on any atom is -0.359 e. The van der Waals surface area contributed by atoms with Gasteiger partial charge in [0.2, 0.25) is 0 Å². The Bertz CT molecular complexity index is 709. The second kappa shape index (κ2) is 5.54. The van der Waals surface area contributed by atoms with Gasteiger partial charge in [-0.2, -0.15) is 0 Å². The summed E-state index contributed by atoms with van der Waals surface area (Å²) in [4.78, 5) is 15.3. The lowest BCUT2D eigenvalue weighted by Gasteiger charge is -2.19.